The van der Waals surface area contributed by atoms with Gasteiger partial charge in [0.25, 0.3) is 0 Å². The van der Waals surface area contributed by atoms with Crippen LogP contribution in [0, 0.1) is 5.92 Å². The minimum absolute atomic E-state index is 0.0113. The maximum Gasteiger partial charge on any atom is 0.313 e. The molecule has 4 heteroatoms. The number of rotatable bonds is 11. The van der Waals surface area contributed by atoms with Crippen molar-refractivity contribution >= 4 is 5.97 Å². The van der Waals surface area contributed by atoms with E-state index in [1.165, 1.54) is 31.2 Å². The number of benzene rings is 1. The number of unbranched alkanes of at least 4 members (excludes halogenated alkanes) is 4. The van der Waals surface area contributed by atoms with E-state index in [4.69, 9.17) is 14.2 Å². The van der Waals surface area contributed by atoms with Crippen LogP contribution in [0.5, 0.6) is 11.5 Å². The molecule has 0 radical (unpaired) electrons. The first kappa shape index (κ1) is 18.6. The van der Waals surface area contributed by atoms with Gasteiger partial charge in [-0.2, -0.15) is 0 Å². The van der Waals surface area contributed by atoms with Crippen LogP contribution in [0.25, 0.3) is 0 Å². The Kier molecular flexibility index (Phi) is 7.41. The molecule has 1 aliphatic rings. The summed E-state index contributed by atoms with van der Waals surface area (Å²) in [7, 11) is 3.28. The van der Waals surface area contributed by atoms with Gasteiger partial charge >= 0.3 is 5.97 Å². The van der Waals surface area contributed by atoms with E-state index in [2.05, 4.69) is 6.92 Å². The van der Waals surface area contributed by atoms with E-state index in [1.54, 1.807) is 14.2 Å². The van der Waals surface area contributed by atoms with E-state index < -0.39 is 0 Å². The number of hydrogen-bond donors (Lipinski definition) is 0. The summed E-state index contributed by atoms with van der Waals surface area (Å²) in [6.45, 7) is 2.22. The van der Waals surface area contributed by atoms with Crippen LogP contribution in [0.15, 0.2) is 18.2 Å². The summed E-state index contributed by atoms with van der Waals surface area (Å²) >= 11 is 0. The Hall–Kier alpha value is -1.71. The van der Waals surface area contributed by atoms with E-state index in [0.29, 0.717) is 0 Å². The molecule has 0 aliphatic carbocycles. The lowest BCUT2D eigenvalue weighted by Gasteiger charge is -2.35. The zero-order valence-electron chi connectivity index (χ0n) is 15.2. The molecule has 1 fully saturated rings. The van der Waals surface area contributed by atoms with Crippen LogP contribution in [0.2, 0.25) is 0 Å². The van der Waals surface area contributed by atoms with Crippen molar-refractivity contribution in [1.82, 2.24) is 0 Å². The summed E-state index contributed by atoms with van der Waals surface area (Å²) in [4.78, 5) is 11.7. The molecule has 1 heterocycles. The number of esters is 1. The highest BCUT2D eigenvalue weighted by molar-refractivity contribution is 5.78. The summed E-state index contributed by atoms with van der Waals surface area (Å²) in [5.41, 5.74) is 1.18. The number of methoxy groups -OCH3 is 2. The zero-order valence-corrected chi connectivity index (χ0v) is 15.2. The molecule has 0 amide bonds. The second kappa shape index (κ2) is 9.55. The van der Waals surface area contributed by atoms with E-state index in [9.17, 15) is 4.79 Å². The fourth-order valence-corrected chi connectivity index (χ4v) is 3.27. The van der Waals surface area contributed by atoms with Gasteiger partial charge in [-0.3, -0.25) is 4.79 Å². The summed E-state index contributed by atoms with van der Waals surface area (Å²) < 4.78 is 16.0. The molecule has 134 valence electrons. The zero-order chi connectivity index (χ0) is 17.4. The van der Waals surface area contributed by atoms with Crippen LogP contribution >= 0.6 is 0 Å². The quantitative estimate of drug-likeness (QED) is 0.440. The Bertz CT molecular complexity index is 526. The molecule has 1 aliphatic heterocycles. The van der Waals surface area contributed by atoms with Gasteiger partial charge in [-0.15, -0.1) is 0 Å². The Labute approximate surface area is 145 Å². The molecule has 1 aromatic carbocycles. The van der Waals surface area contributed by atoms with Crippen molar-refractivity contribution in [2.45, 2.75) is 64.4 Å². The number of cyclic esters (lactones) is 1. The van der Waals surface area contributed by atoms with Crippen molar-refractivity contribution < 1.29 is 19.0 Å². The first-order valence-electron chi connectivity index (χ1n) is 9.11. The van der Waals surface area contributed by atoms with Crippen molar-refractivity contribution in [3.8, 4) is 11.5 Å². The standard InChI is InChI=1S/C20H30O4/c1-4-5-6-7-8-9-16-17(24-20(16)21)12-10-15-11-13-18(22-2)19(14-15)23-3/h11,13-14,16-17H,4-10,12H2,1-3H3/t16-,17-/m0/s1. The maximum absolute atomic E-state index is 11.7. The molecule has 0 N–H and O–H groups in total. The Morgan fingerprint density at radius 1 is 1.00 bits per heavy atom. The van der Waals surface area contributed by atoms with E-state index in [0.717, 1.165) is 37.2 Å². The smallest absolute Gasteiger partial charge is 0.313 e. The number of ether oxygens (including phenoxy) is 3. The number of carbonyl (C=O) groups excluding carboxylic acids is 1. The van der Waals surface area contributed by atoms with Crippen molar-refractivity contribution in [2.75, 3.05) is 14.2 Å². The summed E-state index contributed by atoms with van der Waals surface area (Å²) in [5.74, 6) is 1.57. The fourth-order valence-electron chi connectivity index (χ4n) is 3.27. The number of hydrogen-bond acceptors (Lipinski definition) is 4. The van der Waals surface area contributed by atoms with Crippen LogP contribution in [-0.2, 0) is 16.0 Å². The second-order valence-corrected chi connectivity index (χ2v) is 6.51. The van der Waals surface area contributed by atoms with Crippen LogP contribution in [0.1, 0.15) is 57.4 Å². The molecule has 4 nitrogen and oxygen atoms in total. The lowest BCUT2D eigenvalue weighted by atomic mass is 9.87. The third-order valence-corrected chi connectivity index (χ3v) is 4.80. The summed E-state index contributed by atoms with van der Waals surface area (Å²) in [5, 5.41) is 0. The molecule has 0 unspecified atom stereocenters. The van der Waals surface area contributed by atoms with Gasteiger partial charge in [-0.25, -0.2) is 0 Å². The molecule has 1 aromatic rings. The third kappa shape index (κ3) is 4.89. The van der Waals surface area contributed by atoms with Crippen LogP contribution in [0.4, 0.5) is 0 Å². The molecule has 1 saturated heterocycles. The van der Waals surface area contributed by atoms with E-state index in [-0.39, 0.29) is 18.0 Å². The Balaban J connectivity index is 1.78. The average Bonchev–Trinajstić information content (AvgIpc) is 2.61. The Morgan fingerprint density at radius 3 is 2.42 bits per heavy atom. The van der Waals surface area contributed by atoms with Gasteiger partial charge in [0, 0.05) is 0 Å². The first-order chi connectivity index (χ1) is 11.7. The highest BCUT2D eigenvalue weighted by atomic mass is 16.6. The molecule has 0 saturated carbocycles. The average molecular weight is 334 g/mol. The van der Waals surface area contributed by atoms with Crippen molar-refractivity contribution in [3.63, 3.8) is 0 Å². The first-order valence-corrected chi connectivity index (χ1v) is 9.11. The van der Waals surface area contributed by atoms with Gasteiger partial charge in [0.2, 0.25) is 0 Å². The lowest BCUT2D eigenvalue weighted by molar-refractivity contribution is -0.185. The van der Waals surface area contributed by atoms with Crippen molar-refractivity contribution in [2.24, 2.45) is 5.92 Å². The van der Waals surface area contributed by atoms with Crippen LogP contribution < -0.4 is 9.47 Å². The monoisotopic (exact) mass is 334 g/mol. The normalized spacial score (nSPS) is 19.5. The SMILES string of the molecule is CCCCCCC[C@@H]1C(=O)O[C@H]1CCc1ccc(OC)c(OC)c1. The van der Waals surface area contributed by atoms with Gasteiger partial charge in [-0.1, -0.05) is 45.1 Å². The molecule has 2 atom stereocenters. The van der Waals surface area contributed by atoms with E-state index >= 15 is 0 Å². The molecular weight excluding hydrogens is 304 g/mol. The molecular formula is C20H30O4. The second-order valence-electron chi connectivity index (χ2n) is 6.51. The predicted molar refractivity (Wildman–Crippen MR) is 94.6 cm³/mol. The highest BCUT2D eigenvalue weighted by Gasteiger charge is 2.41. The fraction of sp³-hybridized carbons (Fsp3) is 0.650. The Morgan fingerprint density at radius 2 is 1.75 bits per heavy atom. The molecule has 0 aromatic heterocycles. The van der Waals surface area contributed by atoms with Gasteiger partial charge < -0.3 is 14.2 Å². The minimum atomic E-state index is -0.0113. The molecule has 0 bridgehead atoms. The van der Waals surface area contributed by atoms with E-state index in [1.807, 2.05) is 18.2 Å². The summed E-state index contributed by atoms with van der Waals surface area (Å²) in [6, 6.07) is 5.97. The largest absolute Gasteiger partial charge is 0.493 e. The molecule has 24 heavy (non-hydrogen) atoms. The maximum atomic E-state index is 11.7. The van der Waals surface area contributed by atoms with Gasteiger partial charge in [0.15, 0.2) is 11.5 Å². The molecule has 0 spiro atoms. The topological polar surface area (TPSA) is 44.8 Å². The van der Waals surface area contributed by atoms with Crippen molar-refractivity contribution in [3.05, 3.63) is 23.8 Å². The number of aryl methyl sites for hydroxylation is 1. The number of carbonyl (C=O) groups is 1. The lowest BCUT2D eigenvalue weighted by Crippen LogP contribution is -2.45. The summed E-state index contributed by atoms with van der Waals surface area (Å²) in [6.07, 6.45) is 8.97. The van der Waals surface area contributed by atoms with Crippen LogP contribution in [0.3, 0.4) is 0 Å². The third-order valence-electron chi connectivity index (χ3n) is 4.80. The van der Waals surface area contributed by atoms with Gasteiger partial charge in [0.05, 0.1) is 20.1 Å². The minimum Gasteiger partial charge on any atom is -0.493 e. The van der Waals surface area contributed by atoms with Crippen LogP contribution in [-0.4, -0.2) is 26.3 Å². The predicted octanol–water partition coefficient (Wildman–Crippen LogP) is 4.54. The molecule has 2 rings (SSSR count). The van der Waals surface area contributed by atoms with Crippen molar-refractivity contribution in [1.29, 1.82) is 0 Å². The highest BCUT2D eigenvalue weighted by Crippen LogP contribution is 2.32. The van der Waals surface area contributed by atoms with Gasteiger partial charge in [-0.05, 0) is 37.0 Å². The van der Waals surface area contributed by atoms with Gasteiger partial charge in [0.1, 0.15) is 6.10 Å².